The van der Waals surface area contributed by atoms with E-state index in [1.165, 1.54) is 30.1 Å². The zero-order chi connectivity index (χ0) is 33.3. The van der Waals surface area contributed by atoms with Crippen molar-refractivity contribution in [1.82, 2.24) is 30.1 Å². The number of hydrogen-bond donors (Lipinski definition) is 1. The Kier molecular flexibility index (Phi) is 9.48. The van der Waals surface area contributed by atoms with Gasteiger partial charge in [-0.15, -0.1) is 0 Å². The van der Waals surface area contributed by atoms with Crippen molar-refractivity contribution in [3.8, 4) is 17.2 Å². The number of hydrogen-bond acceptors (Lipinski definition) is 10. The normalized spacial score (nSPS) is 20.6. The molecule has 3 aliphatic heterocycles. The fourth-order valence-corrected chi connectivity index (χ4v) is 7.64. The van der Waals surface area contributed by atoms with Crippen molar-refractivity contribution < 1.29 is 23.4 Å². The molecule has 12 heteroatoms. The number of amides is 1. The van der Waals surface area contributed by atoms with Gasteiger partial charge in [0.15, 0.2) is 11.6 Å². The van der Waals surface area contributed by atoms with Gasteiger partial charge in [0.25, 0.3) is 5.91 Å². The van der Waals surface area contributed by atoms with Gasteiger partial charge in [-0.3, -0.25) is 14.7 Å². The monoisotopic (exact) mass is 659 g/mol. The summed E-state index contributed by atoms with van der Waals surface area (Å²) in [5.41, 5.74) is 2.71. The maximum Gasteiger partial charge on any atom is 0.257 e. The van der Waals surface area contributed by atoms with E-state index < -0.39 is 5.82 Å². The zero-order valence-corrected chi connectivity index (χ0v) is 28.2. The number of aromatic nitrogens is 3. The highest BCUT2D eigenvalue weighted by molar-refractivity contribution is 5.97. The maximum absolute atomic E-state index is 14.3. The van der Waals surface area contributed by atoms with E-state index in [-0.39, 0.29) is 40.9 Å². The number of carbonyl (C=O) groups excluding carboxylic acids is 1. The van der Waals surface area contributed by atoms with Gasteiger partial charge in [0.05, 0.1) is 24.5 Å². The van der Waals surface area contributed by atoms with Gasteiger partial charge in [-0.05, 0) is 64.3 Å². The van der Waals surface area contributed by atoms with Crippen molar-refractivity contribution >= 4 is 11.7 Å². The average Bonchev–Trinajstić information content (AvgIpc) is 3.06. The Labute approximate surface area is 281 Å². The second-order valence-electron chi connectivity index (χ2n) is 13.9. The molecule has 1 aromatic carbocycles. The number of fused-ring (bicyclic) bond motifs is 1. The fraction of sp³-hybridized carbons (Fsp3) is 0.556. The lowest BCUT2D eigenvalue weighted by atomic mass is 9.61. The molecule has 3 aromatic rings. The number of anilines is 1. The van der Waals surface area contributed by atoms with Gasteiger partial charge in [0.1, 0.15) is 29.7 Å². The van der Waals surface area contributed by atoms with Crippen LogP contribution in [0.1, 0.15) is 61.6 Å². The lowest BCUT2D eigenvalue weighted by Crippen LogP contribution is -2.65. The van der Waals surface area contributed by atoms with Gasteiger partial charge in [0.2, 0.25) is 0 Å². The smallest absolute Gasteiger partial charge is 0.257 e. The van der Waals surface area contributed by atoms with E-state index in [0.29, 0.717) is 18.1 Å². The molecule has 256 valence electrons. The molecule has 0 bridgehead atoms. The van der Waals surface area contributed by atoms with Crippen LogP contribution < -0.4 is 19.7 Å². The minimum atomic E-state index is -0.492. The Bertz CT molecular complexity index is 1600. The maximum atomic E-state index is 14.3. The number of morpholine rings is 1. The summed E-state index contributed by atoms with van der Waals surface area (Å²) in [5, 5.41) is 3.42. The largest absolute Gasteiger partial charge is 0.490 e. The third-order valence-corrected chi connectivity index (χ3v) is 10.2. The number of nitrogens with one attached hydrogen (secondary N) is 1. The molecular formula is C36H46FN7O4. The van der Waals surface area contributed by atoms with Crippen LogP contribution in [0.2, 0.25) is 0 Å². The quantitative estimate of drug-likeness (QED) is 0.317. The first-order valence-corrected chi connectivity index (χ1v) is 17.3. The van der Waals surface area contributed by atoms with Gasteiger partial charge in [0, 0.05) is 87.7 Å². The van der Waals surface area contributed by atoms with E-state index in [0.717, 1.165) is 89.5 Å². The van der Waals surface area contributed by atoms with Crippen LogP contribution in [-0.4, -0.2) is 101 Å². The summed E-state index contributed by atoms with van der Waals surface area (Å²) in [6.07, 6.45) is 9.33. The number of halogens is 1. The summed E-state index contributed by atoms with van der Waals surface area (Å²) in [5.74, 6) is 1.57. The van der Waals surface area contributed by atoms with E-state index in [1.54, 1.807) is 11.1 Å². The predicted octanol–water partition coefficient (Wildman–Crippen LogP) is 4.46. The lowest BCUT2D eigenvalue weighted by molar-refractivity contribution is -0.0353. The van der Waals surface area contributed by atoms with E-state index in [9.17, 15) is 9.18 Å². The third-order valence-electron chi connectivity index (χ3n) is 10.2. The number of rotatable bonds is 11. The number of pyridine rings is 1. The summed E-state index contributed by atoms with van der Waals surface area (Å²) in [6.45, 7) is 13.5. The molecule has 1 saturated carbocycles. The molecule has 1 amide bonds. The van der Waals surface area contributed by atoms with Crippen LogP contribution in [0.5, 0.6) is 17.2 Å². The molecule has 7 rings (SSSR count). The van der Waals surface area contributed by atoms with E-state index in [2.05, 4.69) is 30.1 Å². The Morgan fingerprint density at radius 1 is 1.19 bits per heavy atom. The number of ether oxygens (including phenoxy) is 3. The number of benzene rings is 1. The van der Waals surface area contributed by atoms with Crippen LogP contribution >= 0.6 is 0 Å². The highest BCUT2D eigenvalue weighted by atomic mass is 19.1. The van der Waals surface area contributed by atoms with Gasteiger partial charge < -0.3 is 29.3 Å². The first-order valence-electron chi connectivity index (χ1n) is 17.3. The SMILES string of the molecule is CCN(C(=O)c1cc(F)ccc1Oc1cncnc1N1CC2(CC(Oc3ccnc4c3CN(CC[C@H]3CNCCO3)CC4)C2)C1)C(C)C. The van der Waals surface area contributed by atoms with Crippen LogP contribution in [-0.2, 0) is 17.7 Å². The van der Waals surface area contributed by atoms with Crippen molar-refractivity contribution in [2.45, 2.75) is 71.2 Å². The summed E-state index contributed by atoms with van der Waals surface area (Å²) in [7, 11) is 0. The molecular weight excluding hydrogens is 613 g/mol. The molecule has 3 fully saturated rings. The molecule has 1 spiro atoms. The summed E-state index contributed by atoms with van der Waals surface area (Å²) >= 11 is 0. The Hall–Kier alpha value is -3.87. The van der Waals surface area contributed by atoms with Crippen LogP contribution in [0.25, 0.3) is 0 Å². The molecule has 0 radical (unpaired) electrons. The Morgan fingerprint density at radius 3 is 2.81 bits per heavy atom. The van der Waals surface area contributed by atoms with Crippen molar-refractivity contribution in [2.75, 3.05) is 57.3 Å². The van der Waals surface area contributed by atoms with Crippen LogP contribution in [0.15, 0.2) is 43.0 Å². The molecule has 11 nitrogen and oxygen atoms in total. The van der Waals surface area contributed by atoms with E-state index in [1.807, 2.05) is 33.0 Å². The van der Waals surface area contributed by atoms with Gasteiger partial charge in [-0.2, -0.15) is 0 Å². The van der Waals surface area contributed by atoms with Crippen molar-refractivity contribution in [1.29, 1.82) is 0 Å². The lowest BCUT2D eigenvalue weighted by Gasteiger charge is -2.59. The summed E-state index contributed by atoms with van der Waals surface area (Å²) in [4.78, 5) is 33.1. The first-order chi connectivity index (χ1) is 23.3. The molecule has 0 unspecified atom stereocenters. The van der Waals surface area contributed by atoms with E-state index >= 15 is 0 Å². The average molecular weight is 660 g/mol. The second kappa shape index (κ2) is 13.9. The standard InChI is InChI=1S/C36H46FN7O4/c1-4-44(24(2)3)35(45)28-15-25(37)5-6-31(28)48-33-19-39-23-41-34(33)43-21-36(22-43)16-27(17-36)47-32-7-10-40-30-9-13-42(20-29(30)32)12-8-26-18-38-11-14-46-26/h5-7,10,15,19,23-24,26-27,38H,4,8-9,11-14,16-18,20-22H2,1-3H3/t26-/m0/s1. The van der Waals surface area contributed by atoms with E-state index in [4.69, 9.17) is 14.2 Å². The topological polar surface area (TPSA) is 105 Å². The molecule has 1 N–H and O–H groups in total. The molecule has 48 heavy (non-hydrogen) atoms. The van der Waals surface area contributed by atoms with Crippen LogP contribution in [0, 0.1) is 11.2 Å². The number of carbonyl (C=O) groups is 1. The molecule has 1 atom stereocenters. The minimum absolute atomic E-state index is 0.0371. The van der Waals surface area contributed by atoms with Gasteiger partial charge >= 0.3 is 0 Å². The zero-order valence-electron chi connectivity index (χ0n) is 28.2. The van der Waals surface area contributed by atoms with Crippen LogP contribution in [0.4, 0.5) is 10.2 Å². The van der Waals surface area contributed by atoms with Crippen molar-refractivity contribution in [2.24, 2.45) is 5.41 Å². The number of nitrogens with zero attached hydrogens (tertiary/aromatic N) is 6. The molecule has 4 aliphatic rings. The highest BCUT2D eigenvalue weighted by Crippen LogP contribution is 2.52. The first kappa shape index (κ1) is 32.7. The summed E-state index contributed by atoms with van der Waals surface area (Å²) < 4.78 is 33.1. The van der Waals surface area contributed by atoms with Gasteiger partial charge in [-0.1, -0.05) is 0 Å². The Balaban J connectivity index is 0.962. The molecule has 2 saturated heterocycles. The summed E-state index contributed by atoms with van der Waals surface area (Å²) in [6, 6.07) is 6.02. The van der Waals surface area contributed by atoms with Crippen LogP contribution in [0.3, 0.4) is 0 Å². The van der Waals surface area contributed by atoms with Crippen molar-refractivity contribution in [3.05, 3.63) is 65.6 Å². The van der Waals surface area contributed by atoms with Gasteiger partial charge in [-0.25, -0.2) is 14.4 Å². The predicted molar refractivity (Wildman–Crippen MR) is 179 cm³/mol. The third kappa shape index (κ3) is 6.83. The Morgan fingerprint density at radius 2 is 2.04 bits per heavy atom. The minimum Gasteiger partial charge on any atom is -0.490 e. The van der Waals surface area contributed by atoms with Crippen molar-refractivity contribution in [3.63, 3.8) is 0 Å². The molecule has 2 aromatic heterocycles. The highest BCUT2D eigenvalue weighted by Gasteiger charge is 2.54. The second-order valence-corrected chi connectivity index (χ2v) is 13.9. The fourth-order valence-electron chi connectivity index (χ4n) is 7.64. The molecule has 5 heterocycles. The molecule has 1 aliphatic carbocycles.